The van der Waals surface area contributed by atoms with Crippen LogP contribution in [0, 0.1) is 5.82 Å². The molecule has 1 aromatic heterocycles. The molecule has 0 aliphatic carbocycles. The molecule has 1 saturated heterocycles. The molecular weight excluding hydrogens is 287 g/mol. The van der Waals surface area contributed by atoms with E-state index in [2.05, 4.69) is 20.9 Å². The van der Waals surface area contributed by atoms with E-state index < -0.39 is 0 Å². The smallest absolute Gasteiger partial charge is 0.166 e. The Morgan fingerprint density at radius 3 is 2.82 bits per heavy atom. The van der Waals surface area contributed by atoms with Gasteiger partial charge in [-0.05, 0) is 41.8 Å². The number of nitrogens with zero attached hydrogens (tertiary/aromatic N) is 2. The summed E-state index contributed by atoms with van der Waals surface area (Å²) in [7, 11) is 0. The normalized spacial score (nSPS) is 17.5. The summed E-state index contributed by atoms with van der Waals surface area (Å²) in [5.74, 6) is 0.178. The van der Waals surface area contributed by atoms with Crippen LogP contribution in [-0.4, -0.2) is 30.8 Å². The van der Waals surface area contributed by atoms with Crippen LogP contribution >= 0.6 is 15.9 Å². The van der Waals surface area contributed by atoms with Gasteiger partial charge < -0.3 is 9.64 Å². The number of rotatable bonds is 3. The maximum Gasteiger partial charge on any atom is 0.166 e. The summed E-state index contributed by atoms with van der Waals surface area (Å²) >= 11 is 3.21. The molecule has 2 rings (SSSR count). The second kappa shape index (κ2) is 5.78. The Balaban J connectivity index is 2.00. The van der Waals surface area contributed by atoms with Crippen LogP contribution in [0.2, 0.25) is 0 Å². The minimum absolute atomic E-state index is 0.269. The number of aromatic nitrogens is 1. The first kappa shape index (κ1) is 12.8. The Bertz CT molecular complexity index is 381. The quantitative estimate of drug-likeness (QED) is 0.858. The number of pyridine rings is 1. The molecule has 0 bridgehead atoms. The van der Waals surface area contributed by atoms with E-state index in [1.54, 1.807) is 6.20 Å². The highest BCUT2D eigenvalue weighted by atomic mass is 79.9. The third-order valence-corrected chi connectivity index (χ3v) is 3.37. The van der Waals surface area contributed by atoms with Crippen molar-refractivity contribution in [1.29, 1.82) is 0 Å². The molecule has 0 amide bonds. The van der Waals surface area contributed by atoms with Crippen molar-refractivity contribution >= 4 is 21.7 Å². The van der Waals surface area contributed by atoms with Crippen LogP contribution in [0.5, 0.6) is 0 Å². The molecule has 0 spiro atoms. The van der Waals surface area contributed by atoms with Crippen molar-refractivity contribution in [2.45, 2.75) is 25.9 Å². The van der Waals surface area contributed by atoms with E-state index in [0.717, 1.165) is 32.5 Å². The lowest BCUT2D eigenvalue weighted by molar-refractivity contribution is 0.0457. The highest BCUT2D eigenvalue weighted by Crippen LogP contribution is 2.24. The molecule has 1 aliphatic heterocycles. The third kappa shape index (κ3) is 3.16. The Kier molecular flexibility index (Phi) is 4.34. The van der Waals surface area contributed by atoms with E-state index in [1.165, 1.54) is 6.07 Å². The summed E-state index contributed by atoms with van der Waals surface area (Å²) in [6, 6.07) is 1.46. The highest BCUT2D eigenvalue weighted by molar-refractivity contribution is 9.10. The summed E-state index contributed by atoms with van der Waals surface area (Å²) in [6.07, 6.45) is 3.82. The van der Waals surface area contributed by atoms with Crippen LogP contribution < -0.4 is 4.90 Å². The molecule has 0 radical (unpaired) electrons. The minimum atomic E-state index is -0.269. The highest BCUT2D eigenvalue weighted by Gasteiger charge is 2.22. The predicted octanol–water partition coefficient (Wildman–Crippen LogP) is 2.99. The van der Waals surface area contributed by atoms with Crippen LogP contribution in [0.25, 0.3) is 0 Å². The maximum atomic E-state index is 13.7. The molecule has 2 heterocycles. The van der Waals surface area contributed by atoms with Gasteiger partial charge in [-0.25, -0.2) is 9.37 Å². The van der Waals surface area contributed by atoms with Crippen LogP contribution in [-0.2, 0) is 4.74 Å². The van der Waals surface area contributed by atoms with Gasteiger partial charge in [0, 0.05) is 30.4 Å². The molecule has 94 valence electrons. The fourth-order valence-electron chi connectivity index (χ4n) is 2.11. The Labute approximate surface area is 109 Å². The number of halogens is 2. The fraction of sp³-hybridized carbons (Fsp3) is 0.583. The van der Waals surface area contributed by atoms with Gasteiger partial charge in [0.1, 0.15) is 0 Å². The van der Waals surface area contributed by atoms with Gasteiger partial charge in [0.05, 0.1) is 6.10 Å². The van der Waals surface area contributed by atoms with E-state index in [-0.39, 0.29) is 5.82 Å². The molecule has 0 N–H and O–H groups in total. The lowest BCUT2D eigenvalue weighted by Gasteiger charge is -2.32. The molecular formula is C12H16BrFN2O. The Morgan fingerprint density at radius 2 is 2.24 bits per heavy atom. The second-order valence-electron chi connectivity index (χ2n) is 4.10. The van der Waals surface area contributed by atoms with Crippen molar-refractivity contribution in [2.24, 2.45) is 0 Å². The van der Waals surface area contributed by atoms with Crippen molar-refractivity contribution in [2.75, 3.05) is 24.6 Å². The first-order valence-electron chi connectivity index (χ1n) is 5.88. The first-order chi connectivity index (χ1) is 8.20. The van der Waals surface area contributed by atoms with E-state index >= 15 is 0 Å². The van der Waals surface area contributed by atoms with E-state index in [1.807, 2.05) is 11.8 Å². The lowest BCUT2D eigenvalue weighted by Crippen LogP contribution is -2.38. The molecule has 1 aliphatic rings. The van der Waals surface area contributed by atoms with Gasteiger partial charge in [0.15, 0.2) is 11.6 Å². The molecule has 0 unspecified atom stereocenters. The van der Waals surface area contributed by atoms with Gasteiger partial charge in [-0.2, -0.15) is 0 Å². The number of anilines is 1. The largest absolute Gasteiger partial charge is 0.378 e. The van der Waals surface area contributed by atoms with Crippen molar-refractivity contribution in [3.05, 3.63) is 22.6 Å². The number of piperidine rings is 1. The molecule has 1 aromatic rings. The van der Waals surface area contributed by atoms with Gasteiger partial charge in [-0.3, -0.25) is 0 Å². The molecule has 0 saturated carbocycles. The van der Waals surface area contributed by atoms with Crippen LogP contribution in [0.3, 0.4) is 0 Å². The average molecular weight is 303 g/mol. The number of hydrogen-bond donors (Lipinski definition) is 0. The zero-order valence-corrected chi connectivity index (χ0v) is 11.4. The fourth-order valence-corrected chi connectivity index (χ4v) is 2.41. The summed E-state index contributed by atoms with van der Waals surface area (Å²) < 4.78 is 20.0. The first-order valence-corrected chi connectivity index (χ1v) is 6.67. The Morgan fingerprint density at radius 1 is 1.53 bits per heavy atom. The number of ether oxygens (including phenoxy) is 1. The zero-order valence-electron chi connectivity index (χ0n) is 9.83. The lowest BCUT2D eigenvalue weighted by atomic mass is 10.1. The summed E-state index contributed by atoms with van der Waals surface area (Å²) in [6.45, 7) is 4.35. The second-order valence-corrected chi connectivity index (χ2v) is 5.02. The van der Waals surface area contributed by atoms with Gasteiger partial charge >= 0.3 is 0 Å². The average Bonchev–Trinajstić information content (AvgIpc) is 2.31. The minimum Gasteiger partial charge on any atom is -0.378 e. The molecule has 5 heteroatoms. The van der Waals surface area contributed by atoms with E-state index in [9.17, 15) is 4.39 Å². The van der Waals surface area contributed by atoms with Crippen LogP contribution in [0.1, 0.15) is 19.8 Å². The summed E-state index contributed by atoms with van der Waals surface area (Å²) in [5.41, 5.74) is 0. The molecule has 0 aromatic carbocycles. The van der Waals surface area contributed by atoms with E-state index in [0.29, 0.717) is 16.4 Å². The van der Waals surface area contributed by atoms with Gasteiger partial charge in [0.2, 0.25) is 0 Å². The summed E-state index contributed by atoms with van der Waals surface area (Å²) in [4.78, 5) is 6.12. The molecule has 1 fully saturated rings. The van der Waals surface area contributed by atoms with Crippen molar-refractivity contribution < 1.29 is 9.13 Å². The number of hydrogen-bond acceptors (Lipinski definition) is 3. The predicted molar refractivity (Wildman–Crippen MR) is 68.8 cm³/mol. The standard InChI is InChI=1S/C12H16BrFN2O/c1-2-17-10-3-5-16(6-4-10)12-11(14)7-9(13)8-15-12/h7-8,10H,2-6H2,1H3. The summed E-state index contributed by atoms with van der Waals surface area (Å²) in [5, 5.41) is 0. The van der Waals surface area contributed by atoms with Crippen molar-refractivity contribution in [1.82, 2.24) is 4.98 Å². The van der Waals surface area contributed by atoms with Crippen molar-refractivity contribution in [3.63, 3.8) is 0 Å². The van der Waals surface area contributed by atoms with Crippen LogP contribution in [0.4, 0.5) is 10.2 Å². The zero-order chi connectivity index (χ0) is 12.3. The molecule has 3 nitrogen and oxygen atoms in total. The van der Waals surface area contributed by atoms with Gasteiger partial charge in [-0.15, -0.1) is 0 Å². The van der Waals surface area contributed by atoms with E-state index in [4.69, 9.17) is 4.74 Å². The van der Waals surface area contributed by atoms with Gasteiger partial charge in [-0.1, -0.05) is 0 Å². The Hall–Kier alpha value is -0.680. The monoisotopic (exact) mass is 302 g/mol. The van der Waals surface area contributed by atoms with Crippen LogP contribution in [0.15, 0.2) is 16.7 Å². The van der Waals surface area contributed by atoms with Gasteiger partial charge in [0.25, 0.3) is 0 Å². The molecule has 0 atom stereocenters. The van der Waals surface area contributed by atoms with Crippen molar-refractivity contribution in [3.8, 4) is 0 Å². The maximum absolute atomic E-state index is 13.7. The molecule has 17 heavy (non-hydrogen) atoms. The SMILES string of the molecule is CCOC1CCN(c2ncc(Br)cc2F)CC1. The topological polar surface area (TPSA) is 25.4 Å². The third-order valence-electron chi connectivity index (χ3n) is 2.93.